The van der Waals surface area contributed by atoms with E-state index in [-0.39, 0.29) is 33.4 Å². The lowest BCUT2D eigenvalue weighted by Gasteiger charge is -2.20. The van der Waals surface area contributed by atoms with Crippen LogP contribution >= 0.6 is 0 Å². The van der Waals surface area contributed by atoms with E-state index >= 15 is 0 Å². The molecular formula is C82H58N6O. The average molecular weight is 1150 g/mol. The lowest BCUT2D eigenvalue weighted by Crippen LogP contribution is -2.31. The molecule has 0 amide bonds. The minimum atomic E-state index is -0.586. The Balaban J connectivity index is 0.874. The van der Waals surface area contributed by atoms with Gasteiger partial charge in [0.15, 0.2) is 0 Å². The average Bonchev–Trinajstić information content (AvgIpc) is 1.59. The maximum atomic E-state index is 9.42. The molecule has 0 saturated carbocycles. The molecule has 0 fully saturated rings. The summed E-state index contributed by atoms with van der Waals surface area (Å²) in [5.41, 5.74) is 12.4. The first-order chi connectivity index (χ1) is 47.9. The number of aromatic nitrogens is 6. The summed E-state index contributed by atoms with van der Waals surface area (Å²) in [4.78, 5) is 5.02. The van der Waals surface area contributed by atoms with E-state index in [1.165, 1.54) is 10.8 Å². The van der Waals surface area contributed by atoms with E-state index < -0.39 is 60.4 Å². The quantitative estimate of drug-likeness (QED) is 0.101. The Kier molecular flexibility index (Phi) is 9.78. The Morgan fingerprint density at radius 2 is 0.955 bits per heavy atom. The van der Waals surface area contributed by atoms with E-state index in [1.54, 1.807) is 22.8 Å². The van der Waals surface area contributed by atoms with Crippen LogP contribution in [-0.2, 0) is 5.41 Å². The van der Waals surface area contributed by atoms with Crippen molar-refractivity contribution in [2.45, 2.75) is 26.2 Å². The lowest BCUT2D eigenvalue weighted by molar-refractivity contribution is -0.571. The molecule has 0 saturated heterocycles. The van der Waals surface area contributed by atoms with Gasteiger partial charge in [0.25, 0.3) is 6.33 Å². The van der Waals surface area contributed by atoms with Gasteiger partial charge in [0.1, 0.15) is 17.3 Å². The van der Waals surface area contributed by atoms with Crippen molar-refractivity contribution in [3.8, 4) is 73.4 Å². The minimum absolute atomic E-state index is 0.126. The summed E-state index contributed by atoms with van der Waals surface area (Å²) in [7, 11) is 0. The number of nitrogens with zero attached hydrogens (tertiary/aromatic N) is 6. The molecular weight excluding hydrogens is 1080 g/mol. The van der Waals surface area contributed by atoms with Gasteiger partial charge in [-0.1, -0.05) is 209 Å². The van der Waals surface area contributed by atoms with Gasteiger partial charge >= 0.3 is 0 Å². The van der Waals surface area contributed by atoms with Crippen molar-refractivity contribution >= 4 is 76.5 Å². The number of hydrogen-bond donors (Lipinski definition) is 0. The van der Waals surface area contributed by atoms with Gasteiger partial charge in [-0.2, -0.15) is 0 Å². The van der Waals surface area contributed by atoms with Crippen LogP contribution in [0.25, 0.3) is 138 Å². The molecule has 5 heterocycles. The van der Waals surface area contributed by atoms with Crippen molar-refractivity contribution in [1.82, 2.24) is 23.3 Å². The van der Waals surface area contributed by atoms with Crippen LogP contribution in [0.3, 0.4) is 0 Å². The molecule has 0 aliphatic rings. The van der Waals surface area contributed by atoms with Gasteiger partial charge in [0, 0.05) is 55.8 Å². The van der Waals surface area contributed by atoms with Crippen LogP contribution in [0.4, 0.5) is 0 Å². The Bertz CT molecular complexity index is 6040. The first-order valence-corrected chi connectivity index (χ1v) is 29.6. The smallest absolute Gasteiger partial charge is 0.269 e. The second-order valence-corrected chi connectivity index (χ2v) is 23.4. The largest absolute Gasteiger partial charge is 0.458 e. The van der Waals surface area contributed by atoms with Crippen LogP contribution in [0.5, 0.6) is 11.5 Å². The molecule has 0 N–H and O–H groups in total. The normalized spacial score (nSPS) is 13.6. The van der Waals surface area contributed by atoms with Crippen molar-refractivity contribution < 1.29 is 23.0 Å². The summed E-state index contributed by atoms with van der Waals surface area (Å²) in [5, 5.41) is 6.56. The number of ether oxygens (including phenoxy) is 1. The monoisotopic (exact) mass is 1150 g/mol. The molecule has 0 atom stereocenters. The number of benzene rings is 12. The zero-order valence-corrected chi connectivity index (χ0v) is 48.6. The number of pyridine rings is 1. The summed E-state index contributed by atoms with van der Waals surface area (Å²) >= 11 is 0. The number of para-hydroxylation sites is 6. The molecule has 17 rings (SSSR count). The maximum absolute atomic E-state index is 9.42. The molecule has 7 heteroatoms. The van der Waals surface area contributed by atoms with Gasteiger partial charge in [-0.3, -0.25) is 13.7 Å². The van der Waals surface area contributed by atoms with Crippen molar-refractivity contribution in [3.05, 3.63) is 309 Å². The third-order valence-electron chi connectivity index (χ3n) is 17.2. The van der Waals surface area contributed by atoms with E-state index in [4.69, 9.17) is 17.9 Å². The van der Waals surface area contributed by atoms with Crippen LogP contribution < -0.4 is 9.30 Å². The molecule has 12 aromatic carbocycles. The van der Waals surface area contributed by atoms with Crippen molar-refractivity contribution in [2.24, 2.45) is 0 Å². The van der Waals surface area contributed by atoms with Crippen LogP contribution in [0.1, 0.15) is 40.0 Å². The van der Waals surface area contributed by atoms with Gasteiger partial charge < -0.3 is 13.9 Å². The third kappa shape index (κ3) is 8.57. The molecule has 0 radical (unpaired) electrons. The van der Waals surface area contributed by atoms with Gasteiger partial charge in [-0.15, -0.1) is 0 Å². The first kappa shape index (κ1) is 42.3. The molecule has 7 nitrogen and oxygen atoms in total. The Morgan fingerprint density at radius 3 is 1.61 bits per heavy atom. The highest BCUT2D eigenvalue weighted by Gasteiger charge is 2.24. The summed E-state index contributed by atoms with van der Waals surface area (Å²) < 4.78 is 108. The van der Waals surface area contributed by atoms with Gasteiger partial charge in [0.05, 0.1) is 74.9 Å². The molecule has 89 heavy (non-hydrogen) atoms. The lowest BCUT2D eigenvalue weighted by atomic mass is 9.88. The molecule has 0 unspecified atom stereocenters. The summed E-state index contributed by atoms with van der Waals surface area (Å²) in [5.74, 6) is 1.79. The molecule has 0 aliphatic heterocycles. The maximum Gasteiger partial charge on any atom is 0.269 e. The molecule has 422 valence electrons. The van der Waals surface area contributed by atoms with Crippen LogP contribution in [0, 0.1) is 6.33 Å². The standard InChI is InChI=1S/C82H58N6O/c1-82(2,3)57-46-47-83-80(49-57)88-76-45-41-59(86-72-36-16-11-29-65(72)66-30-12-17-37-73(66)86)51-70(76)69-43-42-61(52-78(69)88)89-60-27-20-26-58(50-60)84-53-85(81-63(54-22-6-4-7-23-54)33-21-34-64(81)55-24-8-5-9-25-55)79-48-56(40-44-77(79)84)62-28-10-15-35-71(62)87-74-38-18-13-31-67(74)68-32-14-19-39-75(68)87/h4-52H,1-3H3/i4D,5D,6D,7D,8D,9D,22D,23D,24D,25D. The fraction of sp³-hybridized carbons (Fsp3) is 0.0488. The minimum Gasteiger partial charge on any atom is -0.458 e. The number of hydrogen-bond acceptors (Lipinski definition) is 2. The predicted octanol–water partition coefficient (Wildman–Crippen LogP) is 20.5. The van der Waals surface area contributed by atoms with E-state index in [1.807, 2.05) is 102 Å². The number of imidazole rings is 1. The Labute approximate surface area is 529 Å². The van der Waals surface area contributed by atoms with Crippen molar-refractivity contribution in [3.63, 3.8) is 0 Å². The zero-order valence-electron chi connectivity index (χ0n) is 58.6. The second-order valence-electron chi connectivity index (χ2n) is 23.4. The van der Waals surface area contributed by atoms with Crippen LogP contribution in [0.15, 0.2) is 297 Å². The SMILES string of the molecule is [2H]c1c([2H])c([2H])c(-c2cccc(-c3c([2H])c([2H])c([2H])c([2H])c3[2H])c2-[n+]2[c-]n(-c3cccc(Oc4ccc5c6cc(-n7c8ccccc8c8ccccc87)ccc6n(-c6cc(C(C)(C)C)ccn6)c5c4)c3)c3ccc(-c4ccccc4-n4c5ccccc5c5ccccc54)cc32)c([2H])c1[2H]. The van der Waals surface area contributed by atoms with Gasteiger partial charge in [0.2, 0.25) is 0 Å². The van der Waals surface area contributed by atoms with Gasteiger partial charge in [-0.05, 0) is 136 Å². The van der Waals surface area contributed by atoms with E-state index in [9.17, 15) is 5.48 Å². The topological polar surface area (TPSA) is 45.7 Å². The first-order valence-electron chi connectivity index (χ1n) is 34.6. The fourth-order valence-electron chi connectivity index (χ4n) is 13.2. The van der Waals surface area contributed by atoms with Crippen molar-refractivity contribution in [1.29, 1.82) is 0 Å². The molecule has 17 aromatic rings. The van der Waals surface area contributed by atoms with Crippen LogP contribution in [-0.4, -0.2) is 23.3 Å². The predicted molar refractivity (Wildman–Crippen MR) is 366 cm³/mol. The highest BCUT2D eigenvalue weighted by atomic mass is 16.5. The van der Waals surface area contributed by atoms with E-state index in [2.05, 4.69) is 162 Å². The highest BCUT2D eigenvalue weighted by Crippen LogP contribution is 2.42. The number of rotatable bonds is 10. The van der Waals surface area contributed by atoms with Crippen LogP contribution in [0.2, 0.25) is 0 Å². The molecule has 0 aliphatic carbocycles. The fourth-order valence-corrected chi connectivity index (χ4v) is 13.2. The molecule has 0 spiro atoms. The Hall–Kier alpha value is -11.5. The summed E-state index contributed by atoms with van der Waals surface area (Å²) in [6.07, 6.45) is 5.50. The van der Waals surface area contributed by atoms with E-state index in [0.717, 1.165) is 88.5 Å². The highest BCUT2D eigenvalue weighted by molar-refractivity contribution is 6.13. The molecule has 0 bridgehead atoms. The second kappa shape index (κ2) is 20.6. The van der Waals surface area contributed by atoms with Crippen molar-refractivity contribution in [2.75, 3.05) is 0 Å². The Morgan fingerprint density at radius 1 is 0.404 bits per heavy atom. The van der Waals surface area contributed by atoms with E-state index in [0.29, 0.717) is 28.2 Å². The summed E-state index contributed by atoms with van der Waals surface area (Å²) in [6, 6.07) is 71.7. The third-order valence-corrected chi connectivity index (χ3v) is 17.2. The van der Waals surface area contributed by atoms with Gasteiger partial charge in [-0.25, -0.2) is 4.98 Å². The molecule has 5 aromatic heterocycles. The summed E-state index contributed by atoms with van der Waals surface area (Å²) in [6.45, 7) is 6.59. The zero-order chi connectivity index (χ0) is 68.0. The number of fused-ring (bicyclic) bond motifs is 10.